The molecule has 0 spiro atoms. The predicted octanol–water partition coefficient (Wildman–Crippen LogP) is 3.92. The molecule has 25 heavy (non-hydrogen) atoms. The Bertz CT molecular complexity index is 567. The van der Waals surface area contributed by atoms with Crippen LogP contribution < -0.4 is 5.32 Å². The lowest BCUT2D eigenvalue weighted by Gasteiger charge is -2.45. The lowest BCUT2D eigenvalue weighted by Crippen LogP contribution is -2.54. The molecule has 1 saturated heterocycles. The third-order valence-corrected chi connectivity index (χ3v) is 6.76. The second kappa shape index (κ2) is 7.49. The number of hydrogen-bond acceptors (Lipinski definition) is 2. The van der Waals surface area contributed by atoms with E-state index in [2.05, 4.69) is 40.5 Å². The standard InChI is InChI=1S/C22H32N2O/c25-21(22(13-6-14-22)17-18-7-2-1-3-8-18)24-15-11-20(12-16-24)23-19-9-4-5-10-19/h1-3,7-8,19-20,23H,4-6,9-17H2. The van der Waals surface area contributed by atoms with Crippen LogP contribution in [-0.4, -0.2) is 36.0 Å². The highest BCUT2D eigenvalue weighted by Gasteiger charge is 2.46. The number of benzene rings is 1. The van der Waals surface area contributed by atoms with E-state index < -0.39 is 0 Å². The van der Waals surface area contributed by atoms with Crippen molar-refractivity contribution in [1.82, 2.24) is 10.2 Å². The zero-order valence-electron chi connectivity index (χ0n) is 15.4. The second-order valence-corrected chi connectivity index (χ2v) is 8.51. The van der Waals surface area contributed by atoms with Crippen molar-refractivity contribution in [3.05, 3.63) is 35.9 Å². The van der Waals surface area contributed by atoms with Gasteiger partial charge in [0.25, 0.3) is 0 Å². The van der Waals surface area contributed by atoms with Gasteiger partial charge in [-0.2, -0.15) is 0 Å². The smallest absolute Gasteiger partial charge is 0.229 e. The molecule has 0 aromatic heterocycles. The zero-order chi connectivity index (χ0) is 17.1. The van der Waals surface area contributed by atoms with E-state index in [1.807, 2.05) is 0 Å². The van der Waals surface area contributed by atoms with Crippen LogP contribution in [0.2, 0.25) is 0 Å². The largest absolute Gasteiger partial charge is 0.342 e. The molecule has 136 valence electrons. The van der Waals surface area contributed by atoms with E-state index >= 15 is 0 Å². The maximum atomic E-state index is 13.3. The van der Waals surface area contributed by atoms with Crippen LogP contribution in [0.4, 0.5) is 0 Å². The van der Waals surface area contributed by atoms with Crippen LogP contribution in [-0.2, 0) is 11.2 Å². The summed E-state index contributed by atoms with van der Waals surface area (Å²) in [4.78, 5) is 15.4. The van der Waals surface area contributed by atoms with Gasteiger partial charge in [-0.15, -0.1) is 0 Å². The topological polar surface area (TPSA) is 32.3 Å². The Morgan fingerprint density at radius 1 is 0.960 bits per heavy atom. The van der Waals surface area contributed by atoms with Gasteiger partial charge in [-0.1, -0.05) is 49.6 Å². The zero-order valence-corrected chi connectivity index (χ0v) is 15.4. The molecular formula is C22H32N2O. The number of nitrogens with one attached hydrogen (secondary N) is 1. The van der Waals surface area contributed by atoms with Crippen molar-refractivity contribution in [2.45, 2.75) is 76.3 Å². The molecule has 0 radical (unpaired) electrons. The molecule has 3 heteroatoms. The van der Waals surface area contributed by atoms with Gasteiger partial charge >= 0.3 is 0 Å². The van der Waals surface area contributed by atoms with Crippen LogP contribution in [0.1, 0.15) is 63.4 Å². The van der Waals surface area contributed by atoms with Gasteiger partial charge < -0.3 is 10.2 Å². The van der Waals surface area contributed by atoms with Crippen molar-refractivity contribution < 1.29 is 4.79 Å². The SMILES string of the molecule is O=C(N1CCC(NC2CCCC2)CC1)C1(Cc2ccccc2)CCC1. The molecular weight excluding hydrogens is 308 g/mol. The molecule has 0 bridgehead atoms. The summed E-state index contributed by atoms with van der Waals surface area (Å²) in [5.41, 5.74) is 1.21. The lowest BCUT2D eigenvalue weighted by molar-refractivity contribution is -0.148. The summed E-state index contributed by atoms with van der Waals surface area (Å²) in [5, 5.41) is 3.85. The fraction of sp³-hybridized carbons (Fsp3) is 0.682. The monoisotopic (exact) mass is 340 g/mol. The number of hydrogen-bond donors (Lipinski definition) is 1. The molecule has 1 aromatic rings. The highest BCUT2D eigenvalue weighted by atomic mass is 16.2. The molecule has 1 aliphatic heterocycles. The molecule has 2 saturated carbocycles. The van der Waals surface area contributed by atoms with E-state index in [1.165, 1.54) is 37.7 Å². The molecule has 4 rings (SSSR count). The first-order valence-corrected chi connectivity index (χ1v) is 10.3. The quantitative estimate of drug-likeness (QED) is 0.881. The average Bonchev–Trinajstić information content (AvgIpc) is 3.12. The number of piperidine rings is 1. The number of likely N-dealkylation sites (tertiary alicyclic amines) is 1. The molecule has 3 fully saturated rings. The Kier molecular flexibility index (Phi) is 5.12. The highest BCUT2D eigenvalue weighted by molar-refractivity contribution is 5.84. The molecule has 0 atom stereocenters. The molecule has 1 amide bonds. The number of amides is 1. The van der Waals surface area contributed by atoms with Crippen molar-refractivity contribution in [2.24, 2.45) is 5.41 Å². The summed E-state index contributed by atoms with van der Waals surface area (Å²) in [5.74, 6) is 0.432. The van der Waals surface area contributed by atoms with Gasteiger partial charge in [0.05, 0.1) is 5.41 Å². The molecule has 0 unspecified atom stereocenters. The van der Waals surface area contributed by atoms with E-state index in [9.17, 15) is 4.79 Å². The maximum absolute atomic E-state index is 13.3. The van der Waals surface area contributed by atoms with E-state index in [0.29, 0.717) is 11.9 Å². The summed E-state index contributed by atoms with van der Waals surface area (Å²) < 4.78 is 0. The summed E-state index contributed by atoms with van der Waals surface area (Å²) >= 11 is 0. The average molecular weight is 341 g/mol. The lowest BCUT2D eigenvalue weighted by atomic mass is 9.64. The molecule has 1 N–H and O–H groups in total. The Morgan fingerprint density at radius 2 is 1.60 bits per heavy atom. The van der Waals surface area contributed by atoms with Gasteiger partial charge in [0.15, 0.2) is 0 Å². The van der Waals surface area contributed by atoms with E-state index in [0.717, 1.165) is 51.2 Å². The van der Waals surface area contributed by atoms with Gasteiger partial charge in [-0.3, -0.25) is 4.79 Å². The Balaban J connectivity index is 1.33. The second-order valence-electron chi connectivity index (χ2n) is 8.51. The third kappa shape index (κ3) is 3.76. The van der Waals surface area contributed by atoms with E-state index in [-0.39, 0.29) is 5.41 Å². The molecule has 3 nitrogen and oxygen atoms in total. The number of nitrogens with zero attached hydrogens (tertiary/aromatic N) is 1. The van der Waals surface area contributed by atoms with Crippen LogP contribution in [0.25, 0.3) is 0 Å². The minimum absolute atomic E-state index is 0.104. The fourth-order valence-corrected chi connectivity index (χ4v) is 5.07. The van der Waals surface area contributed by atoms with Gasteiger partial charge in [0.1, 0.15) is 0 Å². The molecule has 3 aliphatic rings. The van der Waals surface area contributed by atoms with Crippen molar-refractivity contribution in [3.8, 4) is 0 Å². The number of carbonyl (C=O) groups is 1. The van der Waals surface area contributed by atoms with Crippen molar-refractivity contribution in [2.75, 3.05) is 13.1 Å². The fourth-order valence-electron chi connectivity index (χ4n) is 5.07. The molecule has 1 heterocycles. The molecule has 1 aromatic carbocycles. The predicted molar refractivity (Wildman–Crippen MR) is 101 cm³/mol. The Morgan fingerprint density at radius 3 is 2.20 bits per heavy atom. The minimum atomic E-state index is -0.104. The van der Waals surface area contributed by atoms with Gasteiger partial charge in [-0.25, -0.2) is 0 Å². The van der Waals surface area contributed by atoms with Gasteiger partial charge in [-0.05, 0) is 50.5 Å². The first kappa shape index (κ1) is 17.1. The van der Waals surface area contributed by atoms with Crippen molar-refractivity contribution in [3.63, 3.8) is 0 Å². The van der Waals surface area contributed by atoms with Crippen LogP contribution >= 0.6 is 0 Å². The maximum Gasteiger partial charge on any atom is 0.229 e. The third-order valence-electron chi connectivity index (χ3n) is 6.76. The highest BCUT2D eigenvalue weighted by Crippen LogP contribution is 2.45. The normalized spacial score (nSPS) is 24.2. The van der Waals surface area contributed by atoms with Gasteiger partial charge in [0.2, 0.25) is 5.91 Å². The summed E-state index contributed by atoms with van der Waals surface area (Å²) in [7, 11) is 0. The first-order valence-electron chi connectivity index (χ1n) is 10.3. The van der Waals surface area contributed by atoms with Crippen LogP contribution in [0.15, 0.2) is 30.3 Å². The Hall–Kier alpha value is -1.35. The summed E-state index contributed by atoms with van der Waals surface area (Å²) in [6, 6.07) is 11.9. The number of rotatable bonds is 5. The van der Waals surface area contributed by atoms with E-state index in [4.69, 9.17) is 0 Å². The van der Waals surface area contributed by atoms with Gasteiger partial charge in [0, 0.05) is 25.2 Å². The Labute approximate surface area is 152 Å². The summed E-state index contributed by atoms with van der Waals surface area (Å²) in [6.07, 6.45) is 12.0. The summed E-state index contributed by atoms with van der Waals surface area (Å²) in [6.45, 7) is 1.89. The minimum Gasteiger partial charge on any atom is -0.342 e. The molecule has 2 aliphatic carbocycles. The van der Waals surface area contributed by atoms with Crippen LogP contribution in [0, 0.1) is 5.41 Å². The first-order chi connectivity index (χ1) is 12.3. The van der Waals surface area contributed by atoms with Crippen LogP contribution in [0.5, 0.6) is 0 Å². The van der Waals surface area contributed by atoms with Crippen molar-refractivity contribution in [1.29, 1.82) is 0 Å². The van der Waals surface area contributed by atoms with Crippen LogP contribution in [0.3, 0.4) is 0 Å². The number of carbonyl (C=O) groups excluding carboxylic acids is 1. The van der Waals surface area contributed by atoms with Crippen molar-refractivity contribution >= 4 is 5.91 Å². The van der Waals surface area contributed by atoms with E-state index in [1.54, 1.807) is 0 Å².